The van der Waals surface area contributed by atoms with Gasteiger partial charge in [-0.15, -0.1) is 0 Å². The van der Waals surface area contributed by atoms with E-state index in [1.54, 1.807) is 34.9 Å². The summed E-state index contributed by atoms with van der Waals surface area (Å²) in [5.41, 5.74) is 4.97. The average molecular weight is 494 g/mol. The van der Waals surface area contributed by atoms with Crippen LogP contribution in [-0.2, 0) is 13.0 Å². The summed E-state index contributed by atoms with van der Waals surface area (Å²) in [5.74, 6) is 1.02. The Hall–Kier alpha value is -3.81. The van der Waals surface area contributed by atoms with Crippen LogP contribution in [0.5, 0.6) is 11.5 Å². The van der Waals surface area contributed by atoms with E-state index in [0.29, 0.717) is 47.4 Å². The zero-order valence-electron chi connectivity index (χ0n) is 19.3. The summed E-state index contributed by atoms with van der Waals surface area (Å²) in [6.07, 6.45) is 7.27. The maximum atomic E-state index is 10.1. The minimum Gasteiger partial charge on any atom is -0.493 e. The highest BCUT2D eigenvalue weighted by Crippen LogP contribution is 2.37. The largest absolute Gasteiger partial charge is 0.493 e. The lowest BCUT2D eigenvalue weighted by Crippen LogP contribution is -2.21. The van der Waals surface area contributed by atoms with Crippen LogP contribution in [0.4, 0.5) is 0 Å². The first-order valence-electron chi connectivity index (χ1n) is 11.2. The fraction of sp³-hybridized carbons (Fsp3) is 0.333. The Labute approximate surface area is 206 Å². The van der Waals surface area contributed by atoms with Crippen molar-refractivity contribution in [3.63, 3.8) is 0 Å². The molecule has 1 atom stereocenters. The van der Waals surface area contributed by atoms with Crippen molar-refractivity contribution < 1.29 is 14.6 Å². The highest BCUT2D eigenvalue weighted by Gasteiger charge is 2.24. The molecule has 0 amide bonds. The molecule has 0 fully saturated rings. The van der Waals surface area contributed by atoms with Crippen LogP contribution in [-0.4, -0.2) is 61.2 Å². The van der Waals surface area contributed by atoms with Crippen molar-refractivity contribution in [1.82, 2.24) is 29.3 Å². The second kappa shape index (κ2) is 9.44. The highest BCUT2D eigenvalue weighted by molar-refractivity contribution is 6.30. The summed E-state index contributed by atoms with van der Waals surface area (Å²) in [6.45, 7) is 3.69. The zero-order chi connectivity index (χ0) is 24.5. The molecule has 1 aliphatic rings. The van der Waals surface area contributed by atoms with Gasteiger partial charge in [-0.05, 0) is 30.7 Å². The Balaban J connectivity index is 1.58. The molecule has 0 aromatic carbocycles. The minimum absolute atomic E-state index is 0.283. The summed E-state index contributed by atoms with van der Waals surface area (Å²) in [4.78, 5) is 6.06. The molecule has 5 rings (SSSR count). The molecule has 4 aromatic rings. The van der Waals surface area contributed by atoms with Crippen molar-refractivity contribution in [2.75, 3.05) is 26.8 Å². The molecule has 1 N–H and O–H groups in total. The Morgan fingerprint density at radius 1 is 1.23 bits per heavy atom. The van der Waals surface area contributed by atoms with Crippen molar-refractivity contribution in [3.05, 3.63) is 58.8 Å². The Bertz CT molecular complexity index is 1410. The molecule has 0 radical (unpaired) electrons. The first-order chi connectivity index (χ1) is 17.0. The second-order valence-electron chi connectivity index (χ2n) is 8.27. The third-order valence-electron chi connectivity index (χ3n) is 6.21. The molecule has 0 aliphatic carbocycles. The van der Waals surface area contributed by atoms with E-state index < -0.39 is 6.10 Å². The van der Waals surface area contributed by atoms with Crippen LogP contribution in [0, 0.1) is 18.4 Å². The minimum atomic E-state index is -0.720. The van der Waals surface area contributed by atoms with Gasteiger partial charge < -0.3 is 19.5 Å². The van der Waals surface area contributed by atoms with E-state index in [1.807, 2.05) is 23.9 Å². The maximum absolute atomic E-state index is 10.1. The number of pyridine rings is 2. The number of fused-ring (bicyclic) bond motifs is 2. The van der Waals surface area contributed by atoms with E-state index in [2.05, 4.69) is 16.3 Å². The topological polar surface area (TPSA) is 114 Å². The predicted molar refractivity (Wildman–Crippen MR) is 128 cm³/mol. The number of aliphatic hydroxyl groups excluding tert-OH is 1. The number of nitriles is 1. The second-order valence-corrected chi connectivity index (χ2v) is 8.71. The molecule has 180 valence electrons. The Morgan fingerprint density at radius 2 is 2.09 bits per heavy atom. The normalized spacial score (nSPS) is 14.3. The standard InChI is InChI=1S/C24H24ClN7O3/c1-15-19-5-6-30(14-26)7-8-31(19)29-23(15)16-9-20(24-21(34-2)11-28-32(24)12-16)35-22(13-33)18-4-3-17(25)10-27-18/h3-4,9-12,22,33H,5-8,13H2,1-2H3. The van der Waals surface area contributed by atoms with Crippen molar-refractivity contribution >= 4 is 17.1 Å². The number of ether oxygens (including phenoxy) is 2. The number of nitrogens with zero attached hydrogens (tertiary/aromatic N) is 7. The SMILES string of the molecule is COc1cnn2cc(-c3nn4c(c3C)CCN(C#N)CC4)cc(OC(CO)c3ccc(Cl)cn3)c12. The van der Waals surface area contributed by atoms with Crippen LogP contribution in [0.25, 0.3) is 16.8 Å². The molecule has 0 saturated heterocycles. The van der Waals surface area contributed by atoms with Crippen LogP contribution in [0.2, 0.25) is 5.02 Å². The number of hydrogen-bond donors (Lipinski definition) is 1. The van der Waals surface area contributed by atoms with Crippen LogP contribution in [0.3, 0.4) is 0 Å². The van der Waals surface area contributed by atoms with Gasteiger partial charge >= 0.3 is 0 Å². The molecule has 0 bridgehead atoms. The lowest BCUT2D eigenvalue weighted by Gasteiger charge is -2.18. The first-order valence-corrected chi connectivity index (χ1v) is 11.6. The molecule has 1 aliphatic heterocycles. The van der Waals surface area contributed by atoms with E-state index in [-0.39, 0.29) is 6.61 Å². The molecular formula is C24H24ClN7O3. The third-order valence-corrected chi connectivity index (χ3v) is 6.44. The zero-order valence-corrected chi connectivity index (χ0v) is 20.1. The summed E-state index contributed by atoms with van der Waals surface area (Å²) < 4.78 is 15.5. The Kier molecular flexibility index (Phi) is 6.19. The number of hydrogen-bond acceptors (Lipinski definition) is 8. The number of aliphatic hydroxyl groups is 1. The number of methoxy groups -OCH3 is 1. The van der Waals surface area contributed by atoms with Gasteiger partial charge in [0.15, 0.2) is 29.3 Å². The lowest BCUT2D eigenvalue weighted by atomic mass is 10.1. The van der Waals surface area contributed by atoms with E-state index in [1.165, 1.54) is 6.20 Å². The highest BCUT2D eigenvalue weighted by atomic mass is 35.5. The molecule has 11 heteroatoms. The molecule has 35 heavy (non-hydrogen) atoms. The number of halogens is 1. The van der Waals surface area contributed by atoms with Crippen LogP contribution < -0.4 is 9.47 Å². The smallest absolute Gasteiger partial charge is 0.179 e. The molecule has 0 saturated carbocycles. The first kappa shape index (κ1) is 23.0. The van der Waals surface area contributed by atoms with Crippen molar-refractivity contribution in [1.29, 1.82) is 5.26 Å². The lowest BCUT2D eigenvalue weighted by molar-refractivity contribution is 0.114. The van der Waals surface area contributed by atoms with Gasteiger partial charge in [-0.25, -0.2) is 4.52 Å². The molecule has 0 spiro atoms. The predicted octanol–water partition coefficient (Wildman–Crippen LogP) is 3.01. The molecular weight excluding hydrogens is 470 g/mol. The van der Waals surface area contributed by atoms with E-state index >= 15 is 0 Å². The summed E-state index contributed by atoms with van der Waals surface area (Å²) in [6, 6.07) is 5.31. The molecule has 5 heterocycles. The fourth-order valence-electron chi connectivity index (χ4n) is 4.38. The van der Waals surface area contributed by atoms with Gasteiger partial charge in [0.1, 0.15) is 0 Å². The summed E-state index contributed by atoms with van der Waals surface area (Å²) in [7, 11) is 1.57. The van der Waals surface area contributed by atoms with Crippen molar-refractivity contribution in [3.8, 4) is 28.9 Å². The molecule has 1 unspecified atom stereocenters. The number of rotatable bonds is 6. The van der Waals surface area contributed by atoms with Gasteiger partial charge in [-0.1, -0.05) is 11.6 Å². The van der Waals surface area contributed by atoms with Gasteiger partial charge in [0, 0.05) is 43.2 Å². The number of aromatic nitrogens is 5. The quantitative estimate of drug-likeness (QED) is 0.408. The van der Waals surface area contributed by atoms with Crippen LogP contribution in [0.15, 0.2) is 36.8 Å². The van der Waals surface area contributed by atoms with Crippen molar-refractivity contribution in [2.45, 2.75) is 26.0 Å². The summed E-state index contributed by atoms with van der Waals surface area (Å²) >= 11 is 5.97. The van der Waals surface area contributed by atoms with E-state index in [4.69, 9.17) is 26.2 Å². The molecule has 10 nitrogen and oxygen atoms in total. The van der Waals surface area contributed by atoms with Gasteiger partial charge in [0.2, 0.25) is 0 Å². The van der Waals surface area contributed by atoms with Gasteiger partial charge in [-0.2, -0.15) is 15.5 Å². The van der Waals surface area contributed by atoms with Gasteiger partial charge in [-0.3, -0.25) is 9.67 Å². The molecule has 4 aromatic heterocycles. The van der Waals surface area contributed by atoms with Gasteiger partial charge in [0.05, 0.1) is 42.9 Å². The average Bonchev–Trinajstić information content (AvgIpc) is 3.36. The summed E-state index contributed by atoms with van der Waals surface area (Å²) in [5, 5.41) is 29.1. The van der Waals surface area contributed by atoms with Gasteiger partial charge in [0.25, 0.3) is 0 Å². The van der Waals surface area contributed by atoms with Crippen LogP contribution in [0.1, 0.15) is 23.1 Å². The van der Waals surface area contributed by atoms with E-state index in [0.717, 1.165) is 28.9 Å². The Morgan fingerprint density at radius 3 is 2.80 bits per heavy atom. The maximum Gasteiger partial charge on any atom is 0.179 e. The third kappa shape index (κ3) is 4.24. The fourth-order valence-corrected chi connectivity index (χ4v) is 4.49. The van der Waals surface area contributed by atoms with Crippen LogP contribution >= 0.6 is 11.6 Å². The monoisotopic (exact) mass is 493 g/mol. The van der Waals surface area contributed by atoms with Crippen molar-refractivity contribution in [2.24, 2.45) is 0 Å². The van der Waals surface area contributed by atoms with E-state index in [9.17, 15) is 10.4 Å².